The Balaban J connectivity index is 1.77. The fraction of sp³-hybridized carbons (Fsp3) is 0.133. The molecule has 0 aliphatic heterocycles. The molecule has 4 aromatic rings. The number of anilines is 1. The van der Waals surface area contributed by atoms with E-state index in [1.165, 1.54) is 0 Å². The molecule has 2 N–H and O–H groups in total. The maximum Gasteiger partial charge on any atom is 0.153 e. The Hall–Kier alpha value is -3.49. The number of rotatable bonds is 5. The summed E-state index contributed by atoms with van der Waals surface area (Å²) < 4.78 is 5.21. The summed E-state index contributed by atoms with van der Waals surface area (Å²) in [4.78, 5) is 9.07. The van der Waals surface area contributed by atoms with Crippen LogP contribution in [-0.4, -0.2) is 39.3 Å². The van der Waals surface area contributed by atoms with E-state index in [4.69, 9.17) is 5.73 Å². The maximum atomic E-state index is 6.20. The van der Waals surface area contributed by atoms with Crippen molar-refractivity contribution in [1.29, 1.82) is 0 Å². The lowest BCUT2D eigenvalue weighted by Crippen LogP contribution is -2.16. The third-order valence-corrected chi connectivity index (χ3v) is 3.50. The van der Waals surface area contributed by atoms with Crippen molar-refractivity contribution in [3.05, 3.63) is 66.9 Å². The van der Waals surface area contributed by atoms with Gasteiger partial charge >= 0.3 is 0 Å². The highest BCUT2D eigenvalue weighted by Gasteiger charge is 2.16. The van der Waals surface area contributed by atoms with Gasteiger partial charge in [0, 0.05) is 37.2 Å². The van der Waals surface area contributed by atoms with E-state index in [-0.39, 0.29) is 0 Å². The van der Waals surface area contributed by atoms with E-state index in [2.05, 4.69) is 25.3 Å². The van der Waals surface area contributed by atoms with E-state index < -0.39 is 0 Å². The average molecular weight is 321 g/mol. The second-order valence-electron chi connectivity index (χ2n) is 5.18. The molecule has 0 aromatic carbocycles. The number of nitrogens with two attached hydrogens (primary N) is 1. The van der Waals surface area contributed by atoms with Crippen molar-refractivity contribution in [2.75, 3.05) is 5.73 Å². The Bertz CT molecular complexity index is 908. The summed E-state index contributed by atoms with van der Waals surface area (Å²) >= 11 is 0. The highest BCUT2D eigenvalue weighted by Crippen LogP contribution is 2.19. The van der Waals surface area contributed by atoms with Gasteiger partial charge in [0.15, 0.2) is 11.6 Å². The van der Waals surface area contributed by atoms with E-state index in [0.29, 0.717) is 30.4 Å². The molecular weight excluding hydrogens is 306 g/mol. The van der Waals surface area contributed by atoms with E-state index in [1.807, 2.05) is 36.8 Å². The highest BCUT2D eigenvalue weighted by atomic mass is 15.3. The minimum absolute atomic E-state index is 0.373. The van der Waals surface area contributed by atoms with Crippen LogP contribution in [0.2, 0.25) is 0 Å². The molecule has 0 aliphatic rings. The van der Waals surface area contributed by atoms with Crippen LogP contribution >= 0.6 is 0 Å². The minimum atomic E-state index is 0.373. The Morgan fingerprint density at radius 2 is 1.46 bits per heavy atom. The van der Waals surface area contributed by atoms with Crippen molar-refractivity contribution < 1.29 is 0 Å². The molecule has 9 nitrogen and oxygen atoms in total. The molecule has 24 heavy (non-hydrogen) atoms. The fourth-order valence-electron chi connectivity index (χ4n) is 2.49. The molecule has 4 aromatic heterocycles. The van der Waals surface area contributed by atoms with Crippen molar-refractivity contribution in [3.63, 3.8) is 0 Å². The summed E-state index contributed by atoms with van der Waals surface area (Å²) in [6.07, 6.45) is 10.7. The van der Waals surface area contributed by atoms with Crippen LogP contribution in [0.4, 0.5) is 5.82 Å². The van der Waals surface area contributed by atoms with Crippen LogP contribution < -0.4 is 5.73 Å². The predicted molar refractivity (Wildman–Crippen MR) is 86.2 cm³/mol. The standard InChI is InChI=1S/C15H15N9/c16-15-14(24-9-3-6-19-24)12(10-22-7-1-4-17-22)20-13(21-15)11-23-8-2-5-18-23/h1-9H,10-11H2,(H2,16,20,21). The summed E-state index contributed by atoms with van der Waals surface area (Å²) in [5.41, 5.74) is 7.61. The van der Waals surface area contributed by atoms with Crippen LogP contribution in [0.5, 0.6) is 0 Å². The van der Waals surface area contributed by atoms with Crippen LogP contribution in [0, 0.1) is 0 Å². The van der Waals surface area contributed by atoms with Crippen molar-refractivity contribution in [3.8, 4) is 5.69 Å². The van der Waals surface area contributed by atoms with Gasteiger partial charge in [-0.15, -0.1) is 0 Å². The molecule has 0 amide bonds. The van der Waals surface area contributed by atoms with Gasteiger partial charge in [-0.25, -0.2) is 14.6 Å². The van der Waals surface area contributed by atoms with Crippen molar-refractivity contribution in [1.82, 2.24) is 39.3 Å². The first-order valence-corrected chi connectivity index (χ1v) is 7.40. The SMILES string of the molecule is Nc1nc(Cn2cccn2)nc(Cn2cccn2)c1-n1cccn1. The summed E-state index contributed by atoms with van der Waals surface area (Å²) in [5.74, 6) is 0.965. The Kier molecular flexibility index (Phi) is 3.50. The molecule has 4 heterocycles. The van der Waals surface area contributed by atoms with Gasteiger partial charge in [-0.2, -0.15) is 15.3 Å². The molecule has 0 radical (unpaired) electrons. The lowest BCUT2D eigenvalue weighted by molar-refractivity contribution is 0.627. The van der Waals surface area contributed by atoms with Gasteiger partial charge in [-0.3, -0.25) is 9.36 Å². The summed E-state index contributed by atoms with van der Waals surface area (Å²) in [6, 6.07) is 5.55. The summed E-state index contributed by atoms with van der Waals surface area (Å²) in [6.45, 7) is 0.920. The van der Waals surface area contributed by atoms with Gasteiger partial charge in [0.25, 0.3) is 0 Å². The van der Waals surface area contributed by atoms with Crippen LogP contribution in [0.1, 0.15) is 11.5 Å². The van der Waals surface area contributed by atoms with Crippen LogP contribution in [0.15, 0.2) is 55.4 Å². The quantitative estimate of drug-likeness (QED) is 0.581. The minimum Gasteiger partial charge on any atom is -0.382 e. The van der Waals surface area contributed by atoms with Gasteiger partial charge in [-0.1, -0.05) is 0 Å². The maximum absolute atomic E-state index is 6.20. The smallest absolute Gasteiger partial charge is 0.153 e. The molecule has 0 saturated carbocycles. The molecule has 120 valence electrons. The average Bonchev–Trinajstić information content (AvgIpc) is 3.30. The number of hydrogen-bond acceptors (Lipinski definition) is 6. The summed E-state index contributed by atoms with van der Waals surface area (Å²) in [5, 5.41) is 12.7. The Morgan fingerprint density at radius 1 is 0.792 bits per heavy atom. The molecule has 0 bridgehead atoms. The molecule has 0 atom stereocenters. The zero-order valence-electron chi connectivity index (χ0n) is 12.8. The third-order valence-electron chi connectivity index (χ3n) is 3.50. The fourth-order valence-corrected chi connectivity index (χ4v) is 2.49. The number of aromatic nitrogens is 8. The molecule has 0 aliphatic carbocycles. The summed E-state index contributed by atoms with van der Waals surface area (Å²) in [7, 11) is 0. The normalized spacial score (nSPS) is 11.0. The highest BCUT2D eigenvalue weighted by molar-refractivity contribution is 5.55. The lowest BCUT2D eigenvalue weighted by atomic mass is 10.3. The second kappa shape index (κ2) is 5.95. The van der Waals surface area contributed by atoms with E-state index in [1.54, 1.807) is 32.6 Å². The van der Waals surface area contributed by atoms with E-state index >= 15 is 0 Å². The molecule has 0 spiro atoms. The van der Waals surface area contributed by atoms with Crippen LogP contribution in [0.3, 0.4) is 0 Å². The van der Waals surface area contributed by atoms with Gasteiger partial charge in [0.05, 0.1) is 12.2 Å². The predicted octanol–water partition coefficient (Wildman–Crippen LogP) is 0.734. The van der Waals surface area contributed by atoms with Gasteiger partial charge in [0.2, 0.25) is 0 Å². The molecule has 0 fully saturated rings. The number of nitrogens with zero attached hydrogens (tertiary/aromatic N) is 8. The molecular formula is C15H15N9. The molecule has 4 rings (SSSR count). The number of hydrogen-bond donors (Lipinski definition) is 1. The van der Waals surface area contributed by atoms with Crippen LogP contribution in [-0.2, 0) is 13.1 Å². The zero-order chi connectivity index (χ0) is 16.4. The number of nitrogen functional groups attached to an aromatic ring is 1. The lowest BCUT2D eigenvalue weighted by Gasteiger charge is -2.13. The van der Waals surface area contributed by atoms with Gasteiger partial charge < -0.3 is 5.73 Å². The van der Waals surface area contributed by atoms with E-state index in [0.717, 1.165) is 5.69 Å². The Morgan fingerprint density at radius 3 is 2.08 bits per heavy atom. The second-order valence-corrected chi connectivity index (χ2v) is 5.18. The van der Waals surface area contributed by atoms with E-state index in [9.17, 15) is 0 Å². The van der Waals surface area contributed by atoms with Gasteiger partial charge in [0.1, 0.15) is 12.2 Å². The van der Waals surface area contributed by atoms with Crippen molar-refractivity contribution >= 4 is 5.82 Å². The zero-order valence-corrected chi connectivity index (χ0v) is 12.8. The van der Waals surface area contributed by atoms with Gasteiger partial charge in [-0.05, 0) is 18.2 Å². The first-order valence-electron chi connectivity index (χ1n) is 7.40. The van der Waals surface area contributed by atoms with Crippen molar-refractivity contribution in [2.24, 2.45) is 0 Å². The van der Waals surface area contributed by atoms with Crippen molar-refractivity contribution in [2.45, 2.75) is 13.1 Å². The monoisotopic (exact) mass is 321 g/mol. The molecule has 0 saturated heterocycles. The first-order chi connectivity index (χ1) is 11.8. The largest absolute Gasteiger partial charge is 0.382 e. The molecule has 9 heteroatoms. The Labute approximate surface area is 137 Å². The first kappa shape index (κ1) is 14.1. The topological polar surface area (TPSA) is 105 Å². The van der Waals surface area contributed by atoms with Crippen LogP contribution in [0.25, 0.3) is 5.69 Å². The third kappa shape index (κ3) is 2.74. The molecule has 0 unspecified atom stereocenters.